The molecule has 3 heteroatoms. The van der Waals surface area contributed by atoms with Gasteiger partial charge in [-0.3, -0.25) is 0 Å². The number of nitrogens with one attached hydrogen (secondary N) is 1. The van der Waals surface area contributed by atoms with Gasteiger partial charge in [0.2, 0.25) is 0 Å². The van der Waals surface area contributed by atoms with Crippen LogP contribution in [0, 0.1) is 6.92 Å². The van der Waals surface area contributed by atoms with Crippen LogP contribution in [0.1, 0.15) is 17.2 Å². The zero-order chi connectivity index (χ0) is 14.4. The van der Waals surface area contributed by atoms with Crippen LogP contribution in [-0.4, -0.2) is 19.9 Å². The Morgan fingerprint density at radius 2 is 1.70 bits per heavy atom. The van der Waals surface area contributed by atoms with E-state index in [1.807, 2.05) is 30.9 Å². The minimum absolute atomic E-state index is 0.340. The summed E-state index contributed by atoms with van der Waals surface area (Å²) in [5, 5.41) is 3.38. The van der Waals surface area contributed by atoms with Gasteiger partial charge in [-0.25, -0.2) is 0 Å². The number of methoxy groups -OCH3 is 1. The van der Waals surface area contributed by atoms with E-state index in [4.69, 9.17) is 4.74 Å². The molecular formula is C17H21NOS. The minimum atomic E-state index is 0.340. The highest BCUT2D eigenvalue weighted by molar-refractivity contribution is 7.99. The van der Waals surface area contributed by atoms with E-state index >= 15 is 0 Å². The normalized spacial score (nSPS) is 12.2. The van der Waals surface area contributed by atoms with Crippen molar-refractivity contribution in [2.45, 2.75) is 17.9 Å². The fourth-order valence-electron chi connectivity index (χ4n) is 2.00. The molecule has 2 aromatic carbocycles. The summed E-state index contributed by atoms with van der Waals surface area (Å²) in [6.45, 7) is 2.11. The summed E-state index contributed by atoms with van der Waals surface area (Å²) in [5.74, 6) is 1.90. The van der Waals surface area contributed by atoms with Crippen LogP contribution in [0.15, 0.2) is 53.4 Å². The fraction of sp³-hybridized carbons (Fsp3) is 0.294. The van der Waals surface area contributed by atoms with Crippen LogP contribution in [0.5, 0.6) is 5.75 Å². The predicted molar refractivity (Wildman–Crippen MR) is 86.7 cm³/mol. The Labute approximate surface area is 125 Å². The first-order valence-electron chi connectivity index (χ1n) is 6.73. The fourth-order valence-corrected chi connectivity index (χ4v) is 3.04. The van der Waals surface area contributed by atoms with E-state index < -0.39 is 0 Å². The monoisotopic (exact) mass is 287 g/mol. The van der Waals surface area contributed by atoms with E-state index in [0.29, 0.717) is 6.04 Å². The number of hydrogen-bond acceptors (Lipinski definition) is 3. The van der Waals surface area contributed by atoms with Gasteiger partial charge in [0.25, 0.3) is 0 Å². The average Bonchev–Trinajstić information content (AvgIpc) is 2.50. The molecule has 0 bridgehead atoms. The zero-order valence-corrected chi connectivity index (χ0v) is 13.0. The molecule has 0 aliphatic rings. The van der Waals surface area contributed by atoms with E-state index in [0.717, 1.165) is 11.5 Å². The number of benzene rings is 2. The Morgan fingerprint density at radius 1 is 1.05 bits per heavy atom. The highest BCUT2D eigenvalue weighted by Gasteiger charge is 2.09. The molecule has 106 valence electrons. The summed E-state index contributed by atoms with van der Waals surface area (Å²) >= 11 is 1.87. The molecule has 2 rings (SSSR count). The minimum Gasteiger partial charge on any atom is -0.497 e. The van der Waals surface area contributed by atoms with Crippen LogP contribution in [0.3, 0.4) is 0 Å². The summed E-state index contributed by atoms with van der Waals surface area (Å²) in [5.41, 5.74) is 2.59. The third-order valence-electron chi connectivity index (χ3n) is 3.30. The number of hydrogen-bond donors (Lipinski definition) is 1. The van der Waals surface area contributed by atoms with Gasteiger partial charge < -0.3 is 10.1 Å². The molecule has 2 aromatic rings. The van der Waals surface area contributed by atoms with E-state index in [1.54, 1.807) is 7.11 Å². The Kier molecular flexibility index (Phi) is 5.50. The van der Waals surface area contributed by atoms with E-state index in [1.165, 1.54) is 16.0 Å². The number of rotatable bonds is 6. The van der Waals surface area contributed by atoms with Crippen molar-refractivity contribution >= 4 is 11.8 Å². The molecule has 0 saturated heterocycles. The lowest BCUT2D eigenvalue weighted by molar-refractivity contribution is 0.414. The SMILES string of the molecule is CNC(CSc1ccc(C)cc1)c1ccc(OC)cc1. The first kappa shape index (κ1) is 14.9. The largest absolute Gasteiger partial charge is 0.497 e. The Bertz CT molecular complexity index is 522. The van der Waals surface area contributed by atoms with Crippen LogP contribution < -0.4 is 10.1 Å². The quantitative estimate of drug-likeness (QED) is 0.810. The van der Waals surface area contributed by atoms with Gasteiger partial charge in [-0.1, -0.05) is 29.8 Å². The zero-order valence-electron chi connectivity index (χ0n) is 12.2. The molecule has 2 nitrogen and oxygen atoms in total. The summed E-state index contributed by atoms with van der Waals surface area (Å²) in [7, 11) is 3.70. The highest BCUT2D eigenvalue weighted by atomic mass is 32.2. The average molecular weight is 287 g/mol. The third-order valence-corrected chi connectivity index (χ3v) is 4.41. The molecule has 0 fully saturated rings. The Morgan fingerprint density at radius 3 is 2.25 bits per heavy atom. The lowest BCUT2D eigenvalue weighted by Gasteiger charge is -2.16. The number of thioether (sulfide) groups is 1. The second-order valence-electron chi connectivity index (χ2n) is 4.74. The Hall–Kier alpha value is -1.45. The maximum Gasteiger partial charge on any atom is 0.118 e. The second kappa shape index (κ2) is 7.36. The first-order chi connectivity index (χ1) is 9.72. The maximum absolute atomic E-state index is 5.20. The van der Waals surface area contributed by atoms with E-state index in [2.05, 4.69) is 48.6 Å². The van der Waals surface area contributed by atoms with Crippen LogP contribution in [0.25, 0.3) is 0 Å². The molecule has 0 aliphatic heterocycles. The van der Waals surface area contributed by atoms with Gasteiger partial charge in [0.1, 0.15) is 5.75 Å². The van der Waals surface area contributed by atoms with Crippen molar-refractivity contribution in [3.63, 3.8) is 0 Å². The van der Waals surface area contributed by atoms with Gasteiger partial charge in [-0.05, 0) is 43.8 Å². The lowest BCUT2D eigenvalue weighted by Crippen LogP contribution is -2.18. The van der Waals surface area contributed by atoms with Crippen molar-refractivity contribution in [3.05, 3.63) is 59.7 Å². The molecule has 0 spiro atoms. The second-order valence-corrected chi connectivity index (χ2v) is 5.83. The van der Waals surface area contributed by atoms with Gasteiger partial charge in [0, 0.05) is 16.7 Å². The van der Waals surface area contributed by atoms with Gasteiger partial charge in [0.05, 0.1) is 7.11 Å². The van der Waals surface area contributed by atoms with Gasteiger partial charge in [-0.15, -0.1) is 11.8 Å². The van der Waals surface area contributed by atoms with Gasteiger partial charge in [0.15, 0.2) is 0 Å². The number of ether oxygens (including phenoxy) is 1. The highest BCUT2D eigenvalue weighted by Crippen LogP contribution is 2.25. The predicted octanol–water partition coefficient (Wildman–Crippen LogP) is 4.06. The molecule has 0 aromatic heterocycles. The molecule has 1 N–H and O–H groups in total. The molecule has 20 heavy (non-hydrogen) atoms. The van der Waals surface area contributed by atoms with Crippen molar-refractivity contribution in [2.75, 3.05) is 19.9 Å². The smallest absolute Gasteiger partial charge is 0.118 e. The Balaban J connectivity index is 1.99. The summed E-state index contributed by atoms with van der Waals surface area (Å²) in [6, 6.07) is 17.3. The summed E-state index contributed by atoms with van der Waals surface area (Å²) in [6.07, 6.45) is 0. The van der Waals surface area contributed by atoms with Crippen molar-refractivity contribution in [1.82, 2.24) is 5.32 Å². The molecular weight excluding hydrogens is 266 g/mol. The van der Waals surface area contributed by atoms with Crippen LogP contribution >= 0.6 is 11.8 Å². The van der Waals surface area contributed by atoms with Gasteiger partial charge in [-0.2, -0.15) is 0 Å². The molecule has 0 radical (unpaired) electrons. The van der Waals surface area contributed by atoms with Crippen molar-refractivity contribution in [1.29, 1.82) is 0 Å². The molecule has 0 heterocycles. The first-order valence-corrected chi connectivity index (χ1v) is 7.72. The molecule has 0 saturated carbocycles. The van der Waals surface area contributed by atoms with Crippen LogP contribution in [0.2, 0.25) is 0 Å². The van der Waals surface area contributed by atoms with Gasteiger partial charge >= 0.3 is 0 Å². The molecule has 1 unspecified atom stereocenters. The van der Waals surface area contributed by atoms with E-state index in [9.17, 15) is 0 Å². The summed E-state index contributed by atoms with van der Waals surface area (Å²) in [4.78, 5) is 1.31. The van der Waals surface area contributed by atoms with Crippen LogP contribution in [-0.2, 0) is 0 Å². The van der Waals surface area contributed by atoms with Crippen LogP contribution in [0.4, 0.5) is 0 Å². The molecule has 0 aliphatic carbocycles. The molecule has 0 amide bonds. The maximum atomic E-state index is 5.20. The summed E-state index contributed by atoms with van der Waals surface area (Å²) < 4.78 is 5.20. The van der Waals surface area contributed by atoms with Crippen molar-refractivity contribution < 1.29 is 4.74 Å². The van der Waals surface area contributed by atoms with Crippen molar-refractivity contribution in [3.8, 4) is 5.75 Å². The lowest BCUT2D eigenvalue weighted by atomic mass is 10.1. The third kappa shape index (κ3) is 4.02. The van der Waals surface area contributed by atoms with E-state index in [-0.39, 0.29) is 0 Å². The standard InChI is InChI=1S/C17H21NOS/c1-13-4-10-16(11-5-13)20-12-17(18-2)14-6-8-15(19-3)9-7-14/h4-11,17-18H,12H2,1-3H3. The molecule has 1 atom stereocenters. The topological polar surface area (TPSA) is 21.3 Å². The van der Waals surface area contributed by atoms with Crippen molar-refractivity contribution in [2.24, 2.45) is 0 Å². The number of aryl methyl sites for hydroxylation is 1.